The van der Waals surface area contributed by atoms with E-state index in [0.717, 1.165) is 34.7 Å². The molecule has 0 aliphatic carbocycles. The zero-order valence-corrected chi connectivity index (χ0v) is 12.1. The standard InChI is InChI=1S/C13H15N5OS/c1-18(2)8-11-5-10(15-19-11)7-14-9-3-4-12-13(6-9)17-20-16-12/h3-6,14H,7-8H2,1-2H3. The van der Waals surface area contributed by atoms with E-state index in [9.17, 15) is 0 Å². The van der Waals surface area contributed by atoms with Crippen LogP contribution in [0.15, 0.2) is 28.8 Å². The average Bonchev–Trinajstić information content (AvgIpc) is 3.03. The molecule has 0 saturated carbocycles. The molecule has 3 aromatic rings. The maximum Gasteiger partial charge on any atom is 0.151 e. The summed E-state index contributed by atoms with van der Waals surface area (Å²) in [6, 6.07) is 7.90. The molecule has 1 aromatic carbocycles. The zero-order valence-electron chi connectivity index (χ0n) is 11.3. The zero-order chi connectivity index (χ0) is 13.9. The van der Waals surface area contributed by atoms with Crippen molar-refractivity contribution >= 4 is 28.4 Å². The van der Waals surface area contributed by atoms with E-state index >= 15 is 0 Å². The van der Waals surface area contributed by atoms with Gasteiger partial charge in [0.05, 0.1) is 24.8 Å². The Labute approximate surface area is 120 Å². The highest BCUT2D eigenvalue weighted by atomic mass is 32.1. The molecule has 0 radical (unpaired) electrons. The van der Waals surface area contributed by atoms with Gasteiger partial charge in [-0.15, -0.1) is 0 Å². The van der Waals surface area contributed by atoms with Crippen LogP contribution in [-0.2, 0) is 13.1 Å². The summed E-state index contributed by atoms with van der Waals surface area (Å²) in [6.45, 7) is 1.38. The lowest BCUT2D eigenvalue weighted by atomic mass is 10.2. The second-order valence-corrected chi connectivity index (χ2v) is 5.37. The molecular formula is C13H15N5OS. The third-order valence-electron chi connectivity index (χ3n) is 2.81. The summed E-state index contributed by atoms with van der Waals surface area (Å²) >= 11 is 1.23. The van der Waals surface area contributed by atoms with E-state index in [2.05, 4.69) is 19.2 Å². The second-order valence-electron chi connectivity index (χ2n) is 4.84. The Balaban J connectivity index is 1.64. The summed E-state index contributed by atoms with van der Waals surface area (Å²) in [5.41, 5.74) is 3.73. The van der Waals surface area contributed by atoms with Crippen LogP contribution in [0.25, 0.3) is 11.0 Å². The van der Waals surface area contributed by atoms with E-state index < -0.39 is 0 Å². The molecule has 0 saturated heterocycles. The fraction of sp³-hybridized carbons (Fsp3) is 0.308. The molecule has 104 valence electrons. The monoisotopic (exact) mass is 289 g/mol. The molecule has 6 nitrogen and oxygen atoms in total. The van der Waals surface area contributed by atoms with Gasteiger partial charge < -0.3 is 14.7 Å². The maximum absolute atomic E-state index is 5.27. The van der Waals surface area contributed by atoms with Crippen LogP contribution in [0.3, 0.4) is 0 Å². The minimum absolute atomic E-state index is 0.625. The van der Waals surface area contributed by atoms with Gasteiger partial charge in [0.25, 0.3) is 0 Å². The minimum atomic E-state index is 0.625. The van der Waals surface area contributed by atoms with Gasteiger partial charge in [0.1, 0.15) is 16.7 Å². The van der Waals surface area contributed by atoms with Crippen molar-refractivity contribution in [2.75, 3.05) is 19.4 Å². The number of hydrogen-bond acceptors (Lipinski definition) is 7. The Morgan fingerprint density at radius 3 is 2.90 bits per heavy atom. The lowest BCUT2D eigenvalue weighted by molar-refractivity contribution is 0.308. The summed E-state index contributed by atoms with van der Waals surface area (Å²) in [4.78, 5) is 2.04. The number of hydrogen-bond donors (Lipinski definition) is 1. The number of benzene rings is 1. The molecule has 7 heteroatoms. The minimum Gasteiger partial charge on any atom is -0.379 e. The first-order chi connectivity index (χ1) is 9.70. The summed E-state index contributed by atoms with van der Waals surface area (Å²) < 4.78 is 13.7. The van der Waals surface area contributed by atoms with Crippen molar-refractivity contribution in [2.45, 2.75) is 13.1 Å². The van der Waals surface area contributed by atoms with Gasteiger partial charge in [0.2, 0.25) is 0 Å². The van der Waals surface area contributed by atoms with Crippen LogP contribution in [-0.4, -0.2) is 32.9 Å². The lowest BCUT2D eigenvalue weighted by Gasteiger charge is -2.04. The fourth-order valence-corrected chi connectivity index (χ4v) is 2.43. The predicted octanol–water partition coefficient (Wildman–Crippen LogP) is 2.35. The first-order valence-corrected chi connectivity index (χ1v) is 6.99. The smallest absolute Gasteiger partial charge is 0.151 e. The van der Waals surface area contributed by atoms with Crippen molar-refractivity contribution in [1.82, 2.24) is 18.8 Å². The molecule has 0 atom stereocenters. The van der Waals surface area contributed by atoms with Crippen LogP contribution in [0.4, 0.5) is 5.69 Å². The topological polar surface area (TPSA) is 67.1 Å². The molecule has 0 unspecified atom stereocenters. The normalized spacial score (nSPS) is 11.3. The summed E-state index contributed by atoms with van der Waals surface area (Å²) in [5.74, 6) is 0.867. The molecular weight excluding hydrogens is 274 g/mol. The highest BCUT2D eigenvalue weighted by Gasteiger charge is 2.06. The molecule has 0 spiro atoms. The van der Waals surface area contributed by atoms with Crippen molar-refractivity contribution in [3.05, 3.63) is 35.7 Å². The molecule has 0 bridgehead atoms. The van der Waals surface area contributed by atoms with Crippen molar-refractivity contribution in [2.24, 2.45) is 0 Å². The van der Waals surface area contributed by atoms with Crippen molar-refractivity contribution in [3.63, 3.8) is 0 Å². The number of anilines is 1. The molecule has 0 aliphatic heterocycles. The quantitative estimate of drug-likeness (QED) is 0.777. The van der Waals surface area contributed by atoms with E-state index in [4.69, 9.17) is 4.52 Å². The van der Waals surface area contributed by atoms with Crippen LogP contribution >= 0.6 is 11.7 Å². The fourth-order valence-electron chi connectivity index (χ4n) is 1.91. The number of nitrogens with one attached hydrogen (secondary N) is 1. The largest absolute Gasteiger partial charge is 0.379 e. The van der Waals surface area contributed by atoms with Gasteiger partial charge in [-0.25, -0.2) is 0 Å². The highest BCUT2D eigenvalue weighted by Crippen LogP contribution is 2.17. The average molecular weight is 289 g/mol. The highest BCUT2D eigenvalue weighted by molar-refractivity contribution is 7.00. The van der Waals surface area contributed by atoms with E-state index in [0.29, 0.717) is 6.54 Å². The summed E-state index contributed by atoms with van der Waals surface area (Å²) in [6.07, 6.45) is 0. The van der Waals surface area contributed by atoms with Crippen LogP contribution in [0.1, 0.15) is 11.5 Å². The first-order valence-electron chi connectivity index (χ1n) is 6.26. The van der Waals surface area contributed by atoms with Crippen LogP contribution in [0.2, 0.25) is 0 Å². The van der Waals surface area contributed by atoms with Crippen LogP contribution in [0, 0.1) is 0 Å². The van der Waals surface area contributed by atoms with Gasteiger partial charge in [-0.05, 0) is 32.3 Å². The van der Waals surface area contributed by atoms with Gasteiger partial charge in [-0.2, -0.15) is 8.75 Å². The van der Waals surface area contributed by atoms with Gasteiger partial charge in [0.15, 0.2) is 5.76 Å². The van der Waals surface area contributed by atoms with Crippen molar-refractivity contribution < 1.29 is 4.52 Å². The summed E-state index contributed by atoms with van der Waals surface area (Å²) in [7, 11) is 4.00. The Bertz CT molecular complexity index is 705. The lowest BCUT2D eigenvalue weighted by Crippen LogP contribution is -2.09. The number of fused-ring (bicyclic) bond motifs is 1. The molecule has 3 rings (SSSR count). The van der Waals surface area contributed by atoms with E-state index in [1.54, 1.807) is 0 Å². The van der Waals surface area contributed by atoms with E-state index in [1.165, 1.54) is 11.7 Å². The molecule has 1 N–H and O–H groups in total. The van der Waals surface area contributed by atoms with Crippen molar-refractivity contribution in [3.8, 4) is 0 Å². The number of nitrogens with zero attached hydrogens (tertiary/aromatic N) is 4. The Morgan fingerprint density at radius 2 is 2.05 bits per heavy atom. The Kier molecular flexibility index (Phi) is 3.62. The van der Waals surface area contributed by atoms with E-state index in [1.807, 2.05) is 43.3 Å². The molecule has 0 amide bonds. The van der Waals surface area contributed by atoms with Gasteiger partial charge >= 0.3 is 0 Å². The van der Waals surface area contributed by atoms with Crippen LogP contribution < -0.4 is 5.32 Å². The predicted molar refractivity (Wildman–Crippen MR) is 78.6 cm³/mol. The van der Waals surface area contributed by atoms with Gasteiger partial charge in [-0.1, -0.05) is 5.16 Å². The Morgan fingerprint density at radius 1 is 1.20 bits per heavy atom. The van der Waals surface area contributed by atoms with Gasteiger partial charge in [0, 0.05) is 11.8 Å². The molecule has 20 heavy (non-hydrogen) atoms. The number of aromatic nitrogens is 3. The van der Waals surface area contributed by atoms with Gasteiger partial charge in [-0.3, -0.25) is 0 Å². The van der Waals surface area contributed by atoms with Crippen molar-refractivity contribution in [1.29, 1.82) is 0 Å². The second kappa shape index (κ2) is 5.56. The molecule has 0 aliphatic rings. The number of rotatable bonds is 5. The van der Waals surface area contributed by atoms with Crippen LogP contribution in [0.5, 0.6) is 0 Å². The first kappa shape index (κ1) is 13.0. The molecule has 2 aromatic heterocycles. The maximum atomic E-state index is 5.27. The SMILES string of the molecule is CN(C)Cc1cc(CNc2ccc3nsnc3c2)no1. The molecule has 2 heterocycles. The third kappa shape index (κ3) is 2.94. The van der Waals surface area contributed by atoms with E-state index in [-0.39, 0.29) is 0 Å². The summed E-state index contributed by atoms with van der Waals surface area (Å²) in [5, 5.41) is 7.36. The molecule has 0 fully saturated rings. The third-order valence-corrected chi connectivity index (χ3v) is 3.36. The Hall–Kier alpha value is -1.99.